The molecule has 0 spiro atoms. The molecule has 4 nitrogen and oxygen atoms in total. The highest BCUT2D eigenvalue weighted by Gasteiger charge is 2.26. The summed E-state index contributed by atoms with van der Waals surface area (Å²) in [7, 11) is 0. The van der Waals surface area contributed by atoms with E-state index in [-0.39, 0.29) is 11.8 Å². The maximum atomic E-state index is 12.4. The van der Waals surface area contributed by atoms with E-state index in [9.17, 15) is 4.79 Å². The predicted molar refractivity (Wildman–Crippen MR) is 110 cm³/mol. The topological polar surface area (TPSA) is 47.8 Å². The number of thioether (sulfide) groups is 1. The molecule has 2 atom stereocenters. The number of Topliss-reactive ketones (excluding diaryl/α,β-unsaturated/α-hetero) is 1. The largest absolute Gasteiger partial charge is 0.300 e. The number of hydrogen-bond acceptors (Lipinski definition) is 4. The van der Waals surface area contributed by atoms with Gasteiger partial charge in [-0.1, -0.05) is 32.4 Å². The van der Waals surface area contributed by atoms with Crippen LogP contribution in [0.5, 0.6) is 0 Å². The van der Waals surface area contributed by atoms with Gasteiger partial charge in [0.2, 0.25) is 0 Å². The maximum absolute atomic E-state index is 12.4. The second-order valence-electron chi connectivity index (χ2n) is 7.19. The van der Waals surface area contributed by atoms with Crippen molar-refractivity contribution in [2.45, 2.75) is 46.0 Å². The molecule has 2 unspecified atom stereocenters. The SMILES string of the molecule is CSCCC(=O)CC(CC(C)C)C(C)c1cn(-c2cccnc2)nc1Cl. The van der Waals surface area contributed by atoms with Crippen LogP contribution in [0.3, 0.4) is 0 Å². The van der Waals surface area contributed by atoms with Crippen LogP contribution in [0.2, 0.25) is 5.15 Å². The fraction of sp³-hybridized carbons (Fsp3) is 0.550. The van der Waals surface area contributed by atoms with Gasteiger partial charge >= 0.3 is 0 Å². The van der Waals surface area contributed by atoms with Gasteiger partial charge in [-0.05, 0) is 48.3 Å². The van der Waals surface area contributed by atoms with Crippen LogP contribution < -0.4 is 0 Å². The molecule has 0 aliphatic carbocycles. The van der Waals surface area contributed by atoms with Crippen molar-refractivity contribution in [1.82, 2.24) is 14.8 Å². The molecule has 0 amide bonds. The van der Waals surface area contributed by atoms with Gasteiger partial charge in [-0.15, -0.1) is 0 Å². The summed E-state index contributed by atoms with van der Waals surface area (Å²) in [5.74, 6) is 2.21. The normalized spacial score (nSPS) is 13.8. The smallest absolute Gasteiger partial charge is 0.154 e. The summed E-state index contributed by atoms with van der Waals surface area (Å²) >= 11 is 8.17. The molecule has 0 aliphatic rings. The summed E-state index contributed by atoms with van der Waals surface area (Å²) in [6.07, 6.45) is 9.75. The average Bonchev–Trinajstić information content (AvgIpc) is 3.01. The van der Waals surface area contributed by atoms with E-state index in [1.165, 1.54) is 0 Å². The van der Waals surface area contributed by atoms with Gasteiger partial charge in [0.1, 0.15) is 5.78 Å². The molecule has 26 heavy (non-hydrogen) atoms. The van der Waals surface area contributed by atoms with E-state index in [0.29, 0.717) is 29.7 Å². The Balaban J connectivity index is 2.20. The third kappa shape index (κ3) is 5.85. The van der Waals surface area contributed by atoms with Gasteiger partial charge in [-0.25, -0.2) is 4.68 Å². The van der Waals surface area contributed by atoms with Crippen LogP contribution in [0.4, 0.5) is 0 Å². The Bertz CT molecular complexity index is 702. The maximum Gasteiger partial charge on any atom is 0.154 e. The number of hydrogen-bond donors (Lipinski definition) is 0. The van der Waals surface area contributed by atoms with Crippen molar-refractivity contribution < 1.29 is 4.79 Å². The van der Waals surface area contributed by atoms with Gasteiger partial charge in [0.15, 0.2) is 5.15 Å². The molecule has 6 heteroatoms. The molecule has 2 heterocycles. The van der Waals surface area contributed by atoms with E-state index in [0.717, 1.165) is 23.4 Å². The van der Waals surface area contributed by atoms with E-state index < -0.39 is 0 Å². The number of pyridine rings is 1. The monoisotopic (exact) mass is 393 g/mol. The zero-order chi connectivity index (χ0) is 19.1. The molecular weight excluding hydrogens is 366 g/mol. The Kier molecular flexibility index (Phi) is 8.16. The number of halogens is 1. The zero-order valence-electron chi connectivity index (χ0n) is 16.0. The highest BCUT2D eigenvalue weighted by molar-refractivity contribution is 7.98. The predicted octanol–water partition coefficient (Wildman–Crippen LogP) is 5.40. The van der Waals surface area contributed by atoms with E-state index in [1.54, 1.807) is 28.8 Å². The molecule has 2 rings (SSSR count). The Morgan fingerprint density at radius 3 is 2.73 bits per heavy atom. The van der Waals surface area contributed by atoms with E-state index in [4.69, 9.17) is 11.6 Å². The van der Waals surface area contributed by atoms with Gasteiger partial charge in [-0.2, -0.15) is 16.9 Å². The van der Waals surface area contributed by atoms with Crippen molar-refractivity contribution in [2.24, 2.45) is 11.8 Å². The van der Waals surface area contributed by atoms with Crippen LogP contribution in [0.1, 0.15) is 51.5 Å². The molecule has 0 aromatic carbocycles. The number of nitrogens with zero attached hydrogens (tertiary/aromatic N) is 3. The molecule has 0 saturated heterocycles. The Labute approximate surface area is 165 Å². The molecule has 0 N–H and O–H groups in total. The fourth-order valence-electron chi connectivity index (χ4n) is 3.23. The lowest BCUT2D eigenvalue weighted by atomic mass is 9.80. The van der Waals surface area contributed by atoms with E-state index >= 15 is 0 Å². The first-order valence-corrected chi connectivity index (χ1v) is 10.9. The van der Waals surface area contributed by atoms with Crippen molar-refractivity contribution in [2.75, 3.05) is 12.0 Å². The Hall–Kier alpha value is -1.33. The molecule has 0 saturated carbocycles. The quantitative estimate of drug-likeness (QED) is 0.542. The van der Waals surface area contributed by atoms with Crippen LogP contribution >= 0.6 is 23.4 Å². The van der Waals surface area contributed by atoms with Gasteiger partial charge in [0.05, 0.1) is 11.9 Å². The minimum absolute atomic E-state index is 0.175. The van der Waals surface area contributed by atoms with Crippen molar-refractivity contribution in [3.05, 3.63) is 41.4 Å². The summed E-state index contributed by atoms with van der Waals surface area (Å²) in [5.41, 5.74) is 1.88. The van der Waals surface area contributed by atoms with E-state index in [1.807, 2.05) is 24.6 Å². The molecule has 2 aromatic heterocycles. The minimum Gasteiger partial charge on any atom is -0.300 e. The molecule has 0 bridgehead atoms. The average molecular weight is 394 g/mol. The first kappa shape index (κ1) is 21.0. The summed E-state index contributed by atoms with van der Waals surface area (Å²) in [6, 6.07) is 3.82. The minimum atomic E-state index is 0.175. The van der Waals surface area contributed by atoms with Crippen LogP contribution in [0, 0.1) is 11.8 Å². The van der Waals surface area contributed by atoms with Crippen LogP contribution in [-0.4, -0.2) is 32.6 Å². The number of aromatic nitrogens is 3. The third-order valence-corrected chi connectivity index (χ3v) is 5.56. The highest BCUT2D eigenvalue weighted by atomic mass is 35.5. The summed E-state index contributed by atoms with van der Waals surface area (Å²) < 4.78 is 1.77. The highest BCUT2D eigenvalue weighted by Crippen LogP contribution is 2.36. The number of carbonyl (C=O) groups excluding carboxylic acids is 1. The second-order valence-corrected chi connectivity index (χ2v) is 8.54. The van der Waals surface area contributed by atoms with E-state index in [2.05, 4.69) is 30.9 Å². The lowest BCUT2D eigenvalue weighted by Gasteiger charge is -2.25. The van der Waals surface area contributed by atoms with Gasteiger partial charge < -0.3 is 0 Å². The van der Waals surface area contributed by atoms with Crippen LogP contribution in [0.25, 0.3) is 5.69 Å². The Morgan fingerprint density at radius 2 is 2.12 bits per heavy atom. The third-order valence-electron chi connectivity index (χ3n) is 4.65. The number of carbonyl (C=O) groups is 1. The van der Waals surface area contributed by atoms with Crippen LogP contribution in [-0.2, 0) is 4.79 Å². The summed E-state index contributed by atoms with van der Waals surface area (Å²) in [4.78, 5) is 16.5. The second kappa shape index (κ2) is 10.1. The lowest BCUT2D eigenvalue weighted by Crippen LogP contribution is -2.17. The first-order chi connectivity index (χ1) is 12.4. The van der Waals surface area contributed by atoms with Gasteiger partial charge in [-0.3, -0.25) is 9.78 Å². The molecular formula is C20H28ClN3OS. The molecule has 142 valence electrons. The van der Waals surface area contributed by atoms with Crippen molar-refractivity contribution in [3.63, 3.8) is 0 Å². The molecule has 0 radical (unpaired) electrons. The standard InChI is InChI=1S/C20H28ClN3OS/c1-14(2)10-16(11-18(25)7-9-26-4)15(3)19-13-24(23-20(19)21)17-6-5-8-22-12-17/h5-6,8,12-16H,7,9-11H2,1-4H3. The molecule has 0 aliphatic heterocycles. The fourth-order valence-corrected chi connectivity index (χ4v) is 3.96. The van der Waals surface area contributed by atoms with Crippen molar-refractivity contribution >= 4 is 29.1 Å². The molecule has 2 aromatic rings. The van der Waals surface area contributed by atoms with Gasteiger partial charge in [0.25, 0.3) is 0 Å². The van der Waals surface area contributed by atoms with Crippen molar-refractivity contribution in [1.29, 1.82) is 0 Å². The first-order valence-electron chi connectivity index (χ1n) is 9.08. The lowest BCUT2D eigenvalue weighted by molar-refractivity contribution is -0.119. The van der Waals surface area contributed by atoms with Crippen molar-refractivity contribution in [3.8, 4) is 5.69 Å². The Morgan fingerprint density at radius 1 is 1.35 bits per heavy atom. The van der Waals surface area contributed by atoms with Crippen LogP contribution in [0.15, 0.2) is 30.7 Å². The van der Waals surface area contributed by atoms with Gasteiger partial charge in [0, 0.05) is 30.8 Å². The summed E-state index contributed by atoms with van der Waals surface area (Å²) in [6.45, 7) is 6.56. The summed E-state index contributed by atoms with van der Waals surface area (Å²) in [5, 5.41) is 4.95. The zero-order valence-corrected chi connectivity index (χ0v) is 17.6. The number of ketones is 1. The molecule has 0 fully saturated rings. The number of rotatable bonds is 10.